The van der Waals surface area contributed by atoms with Gasteiger partial charge in [0, 0.05) is 14.8 Å². The molecular weight excluding hydrogens is 393 g/mol. The van der Waals surface area contributed by atoms with Crippen LogP contribution in [0.4, 0.5) is 5.69 Å². The number of sulfonamides is 1. The maximum absolute atomic E-state index is 11.7. The summed E-state index contributed by atoms with van der Waals surface area (Å²) in [5, 5.41) is 0. The predicted molar refractivity (Wildman–Crippen MR) is 79.2 cm³/mol. The molecule has 0 aromatic heterocycles. The molecule has 0 aliphatic carbocycles. The first kappa shape index (κ1) is 15.3. The largest absolute Gasteiger partial charge is 0.282 e. The summed E-state index contributed by atoms with van der Waals surface area (Å²) in [6.07, 6.45) is 1.26. The van der Waals surface area contributed by atoms with Gasteiger partial charge in [-0.3, -0.25) is 4.72 Å². The quantitative estimate of drug-likeness (QED) is 0.575. The second kappa shape index (κ2) is 6.97. The topological polar surface area (TPSA) is 46.2 Å². The van der Waals surface area contributed by atoms with Crippen molar-refractivity contribution in [1.29, 1.82) is 0 Å². The summed E-state index contributed by atoms with van der Waals surface area (Å²) in [4.78, 5) is 0. The molecule has 0 radical (unpaired) electrons. The second-order valence-electron chi connectivity index (χ2n) is 3.44. The fraction of sp³-hybridized carbons (Fsp3) is 0.400. The molecule has 0 bridgehead atoms. The minimum absolute atomic E-state index is 0.0855. The summed E-state index contributed by atoms with van der Waals surface area (Å²) >= 11 is 12.1. The molecule has 0 aliphatic rings. The van der Waals surface area contributed by atoms with Crippen molar-refractivity contribution in [3.63, 3.8) is 0 Å². The molecule has 7 heteroatoms. The van der Waals surface area contributed by atoms with Crippen LogP contribution >= 0.6 is 43.5 Å². The lowest BCUT2D eigenvalue weighted by Gasteiger charge is -2.09. The number of halogens is 3. The van der Waals surface area contributed by atoms with E-state index in [1.165, 1.54) is 0 Å². The van der Waals surface area contributed by atoms with Gasteiger partial charge in [-0.05, 0) is 47.0 Å². The molecule has 0 heterocycles. The van der Waals surface area contributed by atoms with Crippen LogP contribution in [0.3, 0.4) is 0 Å². The monoisotopic (exact) mass is 403 g/mol. The number of rotatable bonds is 6. The van der Waals surface area contributed by atoms with Gasteiger partial charge in [-0.15, -0.1) is 11.6 Å². The molecule has 1 N–H and O–H groups in total. The van der Waals surface area contributed by atoms with Gasteiger partial charge in [-0.2, -0.15) is 0 Å². The van der Waals surface area contributed by atoms with Crippen molar-refractivity contribution < 1.29 is 8.42 Å². The van der Waals surface area contributed by atoms with E-state index in [1.807, 2.05) is 0 Å². The molecule has 0 amide bonds. The molecule has 17 heavy (non-hydrogen) atoms. The molecule has 0 atom stereocenters. The molecule has 0 aliphatic heterocycles. The highest BCUT2D eigenvalue weighted by Crippen LogP contribution is 2.27. The van der Waals surface area contributed by atoms with Crippen molar-refractivity contribution in [1.82, 2.24) is 0 Å². The summed E-state index contributed by atoms with van der Waals surface area (Å²) in [6.45, 7) is 0. The van der Waals surface area contributed by atoms with E-state index in [2.05, 4.69) is 36.6 Å². The van der Waals surface area contributed by atoms with E-state index in [0.717, 1.165) is 4.47 Å². The van der Waals surface area contributed by atoms with Gasteiger partial charge < -0.3 is 0 Å². The zero-order chi connectivity index (χ0) is 12.9. The number of benzene rings is 1. The van der Waals surface area contributed by atoms with Crippen LogP contribution in [0.15, 0.2) is 27.1 Å². The van der Waals surface area contributed by atoms with E-state index in [9.17, 15) is 8.42 Å². The number of unbranched alkanes of at least 4 members (excludes halogenated alkanes) is 1. The Bertz CT molecular complexity index is 479. The molecule has 0 saturated carbocycles. The Kier molecular flexibility index (Phi) is 6.26. The van der Waals surface area contributed by atoms with Gasteiger partial charge in [0.15, 0.2) is 0 Å². The highest BCUT2D eigenvalue weighted by molar-refractivity contribution is 9.11. The summed E-state index contributed by atoms with van der Waals surface area (Å²) < 4.78 is 27.6. The number of hydrogen-bond donors (Lipinski definition) is 1. The first-order valence-electron chi connectivity index (χ1n) is 4.96. The van der Waals surface area contributed by atoms with Crippen LogP contribution in [0.5, 0.6) is 0 Å². The van der Waals surface area contributed by atoms with Crippen molar-refractivity contribution in [2.45, 2.75) is 12.8 Å². The van der Waals surface area contributed by atoms with Gasteiger partial charge >= 0.3 is 0 Å². The van der Waals surface area contributed by atoms with E-state index in [4.69, 9.17) is 11.6 Å². The van der Waals surface area contributed by atoms with Gasteiger partial charge in [0.1, 0.15) is 0 Å². The molecule has 1 aromatic carbocycles. The Morgan fingerprint density at radius 1 is 1.24 bits per heavy atom. The van der Waals surface area contributed by atoms with Crippen LogP contribution in [0.1, 0.15) is 12.8 Å². The van der Waals surface area contributed by atoms with Crippen molar-refractivity contribution in [3.05, 3.63) is 27.1 Å². The van der Waals surface area contributed by atoms with Crippen LogP contribution in [0.25, 0.3) is 0 Å². The molecule has 0 unspecified atom stereocenters. The minimum Gasteiger partial charge on any atom is -0.282 e. The highest BCUT2D eigenvalue weighted by atomic mass is 79.9. The smallest absolute Gasteiger partial charge is 0.232 e. The van der Waals surface area contributed by atoms with Gasteiger partial charge in [-0.1, -0.05) is 15.9 Å². The van der Waals surface area contributed by atoms with Gasteiger partial charge in [-0.25, -0.2) is 8.42 Å². The lowest BCUT2D eigenvalue weighted by molar-refractivity contribution is 0.598. The fourth-order valence-corrected chi connectivity index (χ4v) is 3.84. The van der Waals surface area contributed by atoms with E-state index in [1.54, 1.807) is 18.2 Å². The first-order chi connectivity index (χ1) is 7.94. The molecular formula is C10H12Br2ClNO2S. The Balaban J connectivity index is 2.69. The lowest BCUT2D eigenvalue weighted by Crippen LogP contribution is -2.17. The summed E-state index contributed by atoms with van der Waals surface area (Å²) in [6, 6.07) is 5.27. The number of alkyl halides is 1. The normalized spacial score (nSPS) is 11.5. The Hall–Kier alpha value is 0.220. The van der Waals surface area contributed by atoms with E-state index >= 15 is 0 Å². The fourth-order valence-electron chi connectivity index (χ4n) is 1.18. The number of anilines is 1. The van der Waals surface area contributed by atoms with Gasteiger partial charge in [0.2, 0.25) is 10.0 Å². The zero-order valence-electron chi connectivity index (χ0n) is 8.92. The molecule has 0 fully saturated rings. The third-order valence-corrected chi connectivity index (χ3v) is 4.77. The van der Waals surface area contributed by atoms with E-state index in [-0.39, 0.29) is 5.75 Å². The average molecular weight is 406 g/mol. The maximum Gasteiger partial charge on any atom is 0.232 e. The summed E-state index contributed by atoms with van der Waals surface area (Å²) in [7, 11) is -3.30. The van der Waals surface area contributed by atoms with Gasteiger partial charge in [0.05, 0.1) is 11.4 Å². The van der Waals surface area contributed by atoms with Crippen LogP contribution in [-0.2, 0) is 10.0 Å². The number of hydrogen-bond acceptors (Lipinski definition) is 2. The van der Waals surface area contributed by atoms with Crippen molar-refractivity contribution in [3.8, 4) is 0 Å². The molecule has 0 spiro atoms. The number of nitrogens with one attached hydrogen (secondary N) is 1. The molecule has 0 saturated heterocycles. The third-order valence-electron chi connectivity index (χ3n) is 1.99. The first-order valence-corrected chi connectivity index (χ1v) is 8.73. The Morgan fingerprint density at radius 2 is 1.94 bits per heavy atom. The van der Waals surface area contributed by atoms with E-state index in [0.29, 0.717) is 28.9 Å². The Labute approximate surface area is 123 Å². The SMILES string of the molecule is O=S(=O)(CCCCCl)Nc1ccc(Br)cc1Br. The van der Waals surface area contributed by atoms with Crippen molar-refractivity contribution in [2.75, 3.05) is 16.4 Å². The van der Waals surface area contributed by atoms with E-state index < -0.39 is 10.0 Å². The Morgan fingerprint density at radius 3 is 2.53 bits per heavy atom. The summed E-state index contributed by atoms with van der Waals surface area (Å²) in [5.41, 5.74) is 0.541. The van der Waals surface area contributed by atoms with Crippen LogP contribution in [0.2, 0.25) is 0 Å². The van der Waals surface area contributed by atoms with Crippen molar-refractivity contribution >= 4 is 59.2 Å². The summed E-state index contributed by atoms with van der Waals surface area (Å²) in [5.74, 6) is 0.569. The van der Waals surface area contributed by atoms with Crippen LogP contribution in [0, 0.1) is 0 Å². The molecule has 96 valence electrons. The van der Waals surface area contributed by atoms with Crippen LogP contribution in [-0.4, -0.2) is 20.1 Å². The van der Waals surface area contributed by atoms with Gasteiger partial charge in [0.25, 0.3) is 0 Å². The second-order valence-corrected chi connectivity index (χ2v) is 7.43. The molecule has 3 nitrogen and oxygen atoms in total. The maximum atomic E-state index is 11.7. The molecule has 1 rings (SSSR count). The average Bonchev–Trinajstić information content (AvgIpc) is 2.22. The third kappa shape index (κ3) is 5.59. The van der Waals surface area contributed by atoms with Crippen molar-refractivity contribution in [2.24, 2.45) is 0 Å². The lowest BCUT2D eigenvalue weighted by atomic mass is 10.3. The minimum atomic E-state index is -3.30. The molecule has 1 aromatic rings. The highest BCUT2D eigenvalue weighted by Gasteiger charge is 2.11. The zero-order valence-corrected chi connectivity index (χ0v) is 13.7. The van der Waals surface area contributed by atoms with Crippen LogP contribution < -0.4 is 4.72 Å². The predicted octanol–water partition coefficient (Wildman–Crippen LogP) is 3.97. The standard InChI is InChI=1S/C10H12Br2ClNO2S/c11-8-3-4-10(9(12)7-8)14-17(15,16)6-2-1-5-13/h3-4,7,14H,1-2,5-6H2.